The highest BCUT2D eigenvalue weighted by Crippen LogP contribution is 2.34. The Morgan fingerprint density at radius 2 is 2.07 bits per heavy atom. The molecule has 0 fully saturated rings. The van der Waals surface area contributed by atoms with Gasteiger partial charge in [-0.05, 0) is 38.1 Å². The third-order valence-corrected chi connectivity index (χ3v) is 3.20. The Kier molecular flexibility index (Phi) is 3.08. The number of nitrogens with zero attached hydrogens (tertiary/aromatic N) is 1. The SMILES string of the molecule is CN(C)C[C@@H]1CCc2ccccc2[C@H]1O. The van der Waals surface area contributed by atoms with Crippen molar-refractivity contribution in [3.05, 3.63) is 35.4 Å². The predicted molar refractivity (Wildman–Crippen MR) is 61.8 cm³/mol. The molecular formula is C13H19NO. The van der Waals surface area contributed by atoms with Crippen LogP contribution in [0.5, 0.6) is 0 Å². The summed E-state index contributed by atoms with van der Waals surface area (Å²) in [6.07, 6.45) is 1.92. The second-order valence-corrected chi connectivity index (χ2v) is 4.70. The van der Waals surface area contributed by atoms with Gasteiger partial charge in [-0.1, -0.05) is 24.3 Å². The van der Waals surface area contributed by atoms with Crippen LogP contribution in [0.4, 0.5) is 0 Å². The van der Waals surface area contributed by atoms with Gasteiger partial charge in [0, 0.05) is 12.5 Å². The van der Waals surface area contributed by atoms with E-state index in [0.717, 1.165) is 24.9 Å². The maximum Gasteiger partial charge on any atom is 0.0833 e. The average Bonchev–Trinajstić information content (AvgIpc) is 2.22. The molecule has 2 atom stereocenters. The Hall–Kier alpha value is -0.860. The molecule has 1 aliphatic rings. The van der Waals surface area contributed by atoms with E-state index in [9.17, 15) is 5.11 Å². The summed E-state index contributed by atoms with van der Waals surface area (Å²) in [4.78, 5) is 2.15. The number of benzene rings is 1. The number of aryl methyl sites for hydroxylation is 1. The molecule has 0 heterocycles. The van der Waals surface area contributed by atoms with Crippen LogP contribution in [0, 0.1) is 5.92 Å². The zero-order valence-electron chi connectivity index (χ0n) is 9.48. The molecule has 15 heavy (non-hydrogen) atoms. The Morgan fingerprint density at radius 1 is 1.33 bits per heavy atom. The van der Waals surface area contributed by atoms with Crippen molar-refractivity contribution in [1.82, 2.24) is 4.90 Å². The molecule has 0 bridgehead atoms. The van der Waals surface area contributed by atoms with Crippen LogP contribution in [-0.2, 0) is 6.42 Å². The van der Waals surface area contributed by atoms with Crippen molar-refractivity contribution >= 4 is 0 Å². The van der Waals surface area contributed by atoms with Gasteiger partial charge in [0.25, 0.3) is 0 Å². The topological polar surface area (TPSA) is 23.5 Å². The Bertz CT molecular complexity index is 335. The molecule has 0 saturated heterocycles. The summed E-state index contributed by atoms with van der Waals surface area (Å²) in [7, 11) is 4.13. The van der Waals surface area contributed by atoms with E-state index in [4.69, 9.17) is 0 Å². The van der Waals surface area contributed by atoms with Gasteiger partial charge >= 0.3 is 0 Å². The van der Waals surface area contributed by atoms with Gasteiger partial charge in [0.05, 0.1) is 6.10 Å². The first-order valence-corrected chi connectivity index (χ1v) is 5.59. The van der Waals surface area contributed by atoms with Gasteiger partial charge in [-0.25, -0.2) is 0 Å². The van der Waals surface area contributed by atoms with Crippen LogP contribution in [0.25, 0.3) is 0 Å². The predicted octanol–water partition coefficient (Wildman–Crippen LogP) is 1.84. The number of rotatable bonds is 2. The van der Waals surface area contributed by atoms with Crippen molar-refractivity contribution in [1.29, 1.82) is 0 Å². The third-order valence-electron chi connectivity index (χ3n) is 3.20. The van der Waals surface area contributed by atoms with Crippen molar-refractivity contribution in [2.75, 3.05) is 20.6 Å². The largest absolute Gasteiger partial charge is 0.388 e. The number of hydrogen-bond acceptors (Lipinski definition) is 2. The Balaban J connectivity index is 2.18. The fourth-order valence-electron chi connectivity index (χ4n) is 2.46. The van der Waals surface area contributed by atoms with Crippen LogP contribution in [-0.4, -0.2) is 30.6 Å². The molecule has 1 aromatic rings. The Labute approximate surface area is 91.5 Å². The molecule has 82 valence electrons. The second-order valence-electron chi connectivity index (χ2n) is 4.70. The minimum absolute atomic E-state index is 0.280. The molecule has 0 radical (unpaired) electrons. The van der Waals surface area contributed by atoms with Crippen LogP contribution >= 0.6 is 0 Å². The lowest BCUT2D eigenvalue weighted by molar-refractivity contribution is 0.0768. The standard InChI is InChI=1S/C13H19NO/c1-14(2)9-11-8-7-10-5-3-4-6-12(10)13(11)15/h3-6,11,13,15H,7-9H2,1-2H3/t11-,13-/m0/s1. The zero-order valence-corrected chi connectivity index (χ0v) is 9.48. The normalized spacial score (nSPS) is 25.3. The lowest BCUT2D eigenvalue weighted by Gasteiger charge is -2.31. The lowest BCUT2D eigenvalue weighted by Crippen LogP contribution is -2.30. The molecule has 0 aliphatic heterocycles. The average molecular weight is 205 g/mol. The summed E-state index contributed by atoms with van der Waals surface area (Å²) in [5, 5.41) is 10.2. The van der Waals surface area contributed by atoms with E-state index in [1.54, 1.807) is 0 Å². The van der Waals surface area contributed by atoms with Crippen LogP contribution in [0.2, 0.25) is 0 Å². The fraction of sp³-hybridized carbons (Fsp3) is 0.538. The van der Waals surface area contributed by atoms with Crippen molar-refractivity contribution in [2.24, 2.45) is 5.92 Å². The first-order valence-electron chi connectivity index (χ1n) is 5.59. The van der Waals surface area contributed by atoms with Crippen LogP contribution in [0.15, 0.2) is 24.3 Å². The van der Waals surface area contributed by atoms with E-state index in [1.807, 2.05) is 6.07 Å². The summed E-state index contributed by atoms with van der Waals surface area (Å²) < 4.78 is 0. The molecular weight excluding hydrogens is 186 g/mol. The summed E-state index contributed by atoms with van der Waals surface area (Å²) >= 11 is 0. The van der Waals surface area contributed by atoms with E-state index < -0.39 is 0 Å². The highest BCUT2D eigenvalue weighted by Gasteiger charge is 2.27. The van der Waals surface area contributed by atoms with Crippen molar-refractivity contribution in [3.63, 3.8) is 0 Å². The molecule has 2 rings (SSSR count). The molecule has 2 heteroatoms. The van der Waals surface area contributed by atoms with Crippen LogP contribution in [0.3, 0.4) is 0 Å². The van der Waals surface area contributed by atoms with E-state index in [-0.39, 0.29) is 6.10 Å². The molecule has 0 aromatic heterocycles. The van der Waals surface area contributed by atoms with E-state index >= 15 is 0 Å². The number of fused-ring (bicyclic) bond motifs is 1. The zero-order chi connectivity index (χ0) is 10.8. The summed E-state index contributed by atoms with van der Waals surface area (Å²) in [5.74, 6) is 0.384. The van der Waals surface area contributed by atoms with Crippen LogP contribution in [0.1, 0.15) is 23.7 Å². The van der Waals surface area contributed by atoms with Crippen LogP contribution < -0.4 is 0 Å². The second kappa shape index (κ2) is 4.33. The fourth-order valence-corrected chi connectivity index (χ4v) is 2.46. The molecule has 0 saturated carbocycles. The first kappa shape index (κ1) is 10.7. The van der Waals surface area contributed by atoms with Gasteiger partial charge in [-0.3, -0.25) is 0 Å². The quantitative estimate of drug-likeness (QED) is 0.796. The number of aliphatic hydroxyl groups is 1. The van der Waals surface area contributed by atoms with Gasteiger partial charge in [0.2, 0.25) is 0 Å². The summed E-state index contributed by atoms with van der Waals surface area (Å²) in [6, 6.07) is 8.25. The molecule has 1 aliphatic carbocycles. The minimum Gasteiger partial charge on any atom is -0.388 e. The minimum atomic E-state index is -0.280. The summed E-state index contributed by atoms with van der Waals surface area (Å²) in [6.45, 7) is 0.968. The maximum atomic E-state index is 10.2. The Morgan fingerprint density at radius 3 is 2.80 bits per heavy atom. The monoisotopic (exact) mass is 205 g/mol. The first-order chi connectivity index (χ1) is 7.18. The smallest absolute Gasteiger partial charge is 0.0833 e. The van der Waals surface area contributed by atoms with Crippen molar-refractivity contribution in [2.45, 2.75) is 18.9 Å². The van der Waals surface area contributed by atoms with Gasteiger partial charge in [-0.2, -0.15) is 0 Å². The van der Waals surface area contributed by atoms with Crippen molar-refractivity contribution < 1.29 is 5.11 Å². The lowest BCUT2D eigenvalue weighted by atomic mass is 9.81. The third kappa shape index (κ3) is 2.21. The summed E-state index contributed by atoms with van der Waals surface area (Å²) in [5.41, 5.74) is 2.45. The molecule has 2 nitrogen and oxygen atoms in total. The maximum absolute atomic E-state index is 10.2. The van der Waals surface area contributed by atoms with Gasteiger partial charge in [-0.15, -0.1) is 0 Å². The van der Waals surface area contributed by atoms with E-state index in [1.165, 1.54) is 5.56 Å². The highest BCUT2D eigenvalue weighted by molar-refractivity contribution is 5.31. The van der Waals surface area contributed by atoms with Gasteiger partial charge in [0.1, 0.15) is 0 Å². The molecule has 1 aromatic carbocycles. The number of aliphatic hydroxyl groups excluding tert-OH is 1. The molecule has 1 N–H and O–H groups in total. The molecule has 0 spiro atoms. The molecule has 0 unspecified atom stereocenters. The highest BCUT2D eigenvalue weighted by atomic mass is 16.3. The van der Waals surface area contributed by atoms with Gasteiger partial charge in [0.15, 0.2) is 0 Å². The van der Waals surface area contributed by atoms with Gasteiger partial charge < -0.3 is 10.0 Å². The van der Waals surface area contributed by atoms with E-state index in [2.05, 4.69) is 37.2 Å². The van der Waals surface area contributed by atoms with E-state index in [0.29, 0.717) is 5.92 Å². The molecule has 0 amide bonds. The van der Waals surface area contributed by atoms with Crippen molar-refractivity contribution in [3.8, 4) is 0 Å². The number of hydrogen-bond donors (Lipinski definition) is 1.